The summed E-state index contributed by atoms with van der Waals surface area (Å²) in [6, 6.07) is 20.1. The minimum Gasteiger partial charge on any atom is -0.460 e. The second kappa shape index (κ2) is 12.1. The molecule has 0 aliphatic carbocycles. The van der Waals surface area contributed by atoms with E-state index >= 15 is 0 Å². The number of sulfonamides is 1. The summed E-state index contributed by atoms with van der Waals surface area (Å²) in [5.41, 5.74) is 0.955. The lowest BCUT2D eigenvalue weighted by molar-refractivity contribution is -0.143. The average Bonchev–Trinajstić information content (AvgIpc) is 2.86. The molecular formula is C26H26N2O7S. The minimum absolute atomic E-state index is 0.00618. The molecule has 2 N–H and O–H groups in total. The van der Waals surface area contributed by atoms with Crippen molar-refractivity contribution in [3.05, 3.63) is 95.6 Å². The summed E-state index contributed by atoms with van der Waals surface area (Å²) in [7, 11) is -3.71. The maximum atomic E-state index is 12.6. The number of benzene rings is 3. The molecule has 0 saturated heterocycles. The maximum absolute atomic E-state index is 12.6. The molecule has 0 saturated carbocycles. The third kappa shape index (κ3) is 7.49. The molecule has 0 aromatic heterocycles. The third-order valence-corrected chi connectivity index (χ3v) is 6.44. The monoisotopic (exact) mass is 510 g/mol. The van der Waals surface area contributed by atoms with E-state index < -0.39 is 27.9 Å². The Bertz CT molecular complexity index is 1320. The van der Waals surface area contributed by atoms with Crippen molar-refractivity contribution in [3.63, 3.8) is 0 Å². The molecule has 0 radical (unpaired) electrons. The fraction of sp³-hybridized carbons (Fsp3) is 0.192. The topological polar surface area (TPSA) is 128 Å². The lowest BCUT2D eigenvalue weighted by Gasteiger charge is -2.12. The van der Waals surface area contributed by atoms with E-state index in [1.54, 1.807) is 26.0 Å². The number of ether oxygens (including phenoxy) is 2. The van der Waals surface area contributed by atoms with Gasteiger partial charge in [-0.25, -0.2) is 17.9 Å². The Morgan fingerprint density at radius 2 is 1.50 bits per heavy atom. The van der Waals surface area contributed by atoms with E-state index in [-0.39, 0.29) is 41.0 Å². The third-order valence-electron chi connectivity index (χ3n) is 4.76. The smallest absolute Gasteiger partial charge is 0.343 e. The fourth-order valence-electron chi connectivity index (χ4n) is 3.09. The van der Waals surface area contributed by atoms with Gasteiger partial charge in [0.25, 0.3) is 5.91 Å². The number of hydrogen-bond donors (Lipinski definition) is 2. The van der Waals surface area contributed by atoms with Gasteiger partial charge in [-0.1, -0.05) is 42.5 Å². The first kappa shape index (κ1) is 26.6. The summed E-state index contributed by atoms with van der Waals surface area (Å²) in [5, 5.41) is 2.45. The zero-order valence-electron chi connectivity index (χ0n) is 19.8. The molecule has 3 rings (SSSR count). The normalized spacial score (nSPS) is 11.1. The maximum Gasteiger partial charge on any atom is 0.343 e. The predicted octanol–water partition coefficient (Wildman–Crippen LogP) is 3.07. The van der Waals surface area contributed by atoms with E-state index in [9.17, 15) is 22.8 Å². The molecule has 0 aliphatic rings. The molecule has 0 fully saturated rings. The van der Waals surface area contributed by atoms with Crippen LogP contribution in [0.4, 0.5) is 0 Å². The van der Waals surface area contributed by atoms with Crippen LogP contribution in [0.3, 0.4) is 0 Å². The molecule has 0 bridgehead atoms. The van der Waals surface area contributed by atoms with Gasteiger partial charge < -0.3 is 14.8 Å². The molecule has 0 spiro atoms. The van der Waals surface area contributed by atoms with Crippen LogP contribution in [0.15, 0.2) is 83.8 Å². The molecular weight excluding hydrogens is 484 g/mol. The second-order valence-electron chi connectivity index (χ2n) is 8.02. The van der Waals surface area contributed by atoms with Crippen molar-refractivity contribution in [2.45, 2.75) is 31.4 Å². The van der Waals surface area contributed by atoms with Crippen LogP contribution >= 0.6 is 0 Å². The number of hydrogen-bond acceptors (Lipinski definition) is 7. The van der Waals surface area contributed by atoms with E-state index in [1.165, 1.54) is 36.4 Å². The molecule has 0 atom stereocenters. The first-order chi connectivity index (χ1) is 17.2. The number of para-hydroxylation sites is 1. The molecule has 0 aliphatic heterocycles. The summed E-state index contributed by atoms with van der Waals surface area (Å²) in [5.74, 6) is -2.05. The van der Waals surface area contributed by atoms with Crippen LogP contribution in [0, 0.1) is 0 Å². The van der Waals surface area contributed by atoms with Crippen LogP contribution in [-0.4, -0.2) is 38.9 Å². The zero-order valence-corrected chi connectivity index (χ0v) is 20.6. The SMILES string of the molecule is CC(C)NS(=O)(=O)c1ccc(C(=O)Oc2ccccc2C(=O)NCC(=O)OCc2ccccc2)cc1. The summed E-state index contributed by atoms with van der Waals surface area (Å²) in [6.45, 7) is 3.11. The molecule has 36 heavy (non-hydrogen) atoms. The number of amides is 1. The zero-order chi connectivity index (χ0) is 26.1. The highest BCUT2D eigenvalue weighted by Gasteiger charge is 2.19. The van der Waals surface area contributed by atoms with E-state index in [4.69, 9.17) is 9.47 Å². The Kier molecular flexibility index (Phi) is 8.93. The van der Waals surface area contributed by atoms with E-state index in [0.717, 1.165) is 5.56 Å². The molecule has 3 aromatic carbocycles. The van der Waals surface area contributed by atoms with Crippen LogP contribution in [0.25, 0.3) is 0 Å². The second-order valence-corrected chi connectivity index (χ2v) is 9.73. The molecule has 9 nitrogen and oxygen atoms in total. The van der Waals surface area contributed by atoms with Gasteiger partial charge in [-0.2, -0.15) is 0 Å². The van der Waals surface area contributed by atoms with Crippen LogP contribution in [0.5, 0.6) is 5.75 Å². The van der Waals surface area contributed by atoms with Gasteiger partial charge in [-0.3, -0.25) is 9.59 Å². The van der Waals surface area contributed by atoms with Crippen LogP contribution < -0.4 is 14.8 Å². The number of rotatable bonds is 10. The van der Waals surface area contributed by atoms with Crippen molar-refractivity contribution in [2.75, 3.05) is 6.54 Å². The summed E-state index contributed by atoms with van der Waals surface area (Å²) < 4.78 is 37.5. The van der Waals surface area contributed by atoms with Gasteiger partial charge in [0.1, 0.15) is 18.9 Å². The molecule has 3 aromatic rings. The van der Waals surface area contributed by atoms with Gasteiger partial charge in [-0.05, 0) is 55.8 Å². The van der Waals surface area contributed by atoms with Crippen LogP contribution in [0.2, 0.25) is 0 Å². The van der Waals surface area contributed by atoms with Gasteiger partial charge in [0.05, 0.1) is 16.0 Å². The standard InChI is InChI=1S/C26H26N2O7S/c1-18(2)28-36(32,33)21-14-12-20(13-15-21)26(31)35-23-11-7-6-10-22(23)25(30)27-16-24(29)34-17-19-8-4-3-5-9-19/h3-15,18,28H,16-17H2,1-2H3,(H,27,30). The van der Waals surface area contributed by atoms with Crippen molar-refractivity contribution in [3.8, 4) is 5.75 Å². The molecule has 0 unspecified atom stereocenters. The average molecular weight is 511 g/mol. The fourth-order valence-corrected chi connectivity index (χ4v) is 4.34. The summed E-state index contributed by atoms with van der Waals surface area (Å²) in [6.07, 6.45) is 0. The molecule has 1 amide bonds. The Morgan fingerprint density at radius 1 is 0.861 bits per heavy atom. The number of carbonyl (C=O) groups is 3. The Hall–Kier alpha value is -4.02. The van der Waals surface area contributed by atoms with Gasteiger partial charge >= 0.3 is 11.9 Å². The largest absolute Gasteiger partial charge is 0.460 e. The summed E-state index contributed by atoms with van der Waals surface area (Å²) >= 11 is 0. The number of nitrogens with one attached hydrogen (secondary N) is 2. The highest BCUT2D eigenvalue weighted by atomic mass is 32.2. The van der Waals surface area contributed by atoms with Gasteiger partial charge in [0, 0.05) is 6.04 Å². The lowest BCUT2D eigenvalue weighted by Crippen LogP contribution is -2.31. The first-order valence-electron chi connectivity index (χ1n) is 11.1. The van der Waals surface area contributed by atoms with Gasteiger partial charge in [-0.15, -0.1) is 0 Å². The predicted molar refractivity (Wildman–Crippen MR) is 132 cm³/mol. The van der Waals surface area contributed by atoms with Crippen molar-refractivity contribution in [2.24, 2.45) is 0 Å². The van der Waals surface area contributed by atoms with Crippen molar-refractivity contribution < 1.29 is 32.3 Å². The van der Waals surface area contributed by atoms with Gasteiger partial charge in [0.15, 0.2) is 0 Å². The van der Waals surface area contributed by atoms with E-state index in [0.29, 0.717) is 0 Å². The van der Waals surface area contributed by atoms with Crippen molar-refractivity contribution in [1.29, 1.82) is 0 Å². The van der Waals surface area contributed by atoms with Gasteiger partial charge in [0.2, 0.25) is 10.0 Å². The molecule has 188 valence electrons. The quantitative estimate of drug-likeness (QED) is 0.317. The number of carbonyl (C=O) groups excluding carboxylic acids is 3. The van der Waals surface area contributed by atoms with Crippen LogP contribution in [0.1, 0.15) is 40.1 Å². The van der Waals surface area contributed by atoms with E-state index in [2.05, 4.69) is 10.0 Å². The van der Waals surface area contributed by atoms with Crippen LogP contribution in [-0.2, 0) is 26.2 Å². The Morgan fingerprint density at radius 3 is 2.17 bits per heavy atom. The number of esters is 2. The van der Waals surface area contributed by atoms with Crippen molar-refractivity contribution in [1.82, 2.24) is 10.0 Å². The Labute approximate surface area is 209 Å². The van der Waals surface area contributed by atoms with E-state index in [1.807, 2.05) is 30.3 Å². The first-order valence-corrected chi connectivity index (χ1v) is 12.6. The minimum atomic E-state index is -3.71. The molecule has 0 heterocycles. The highest BCUT2D eigenvalue weighted by molar-refractivity contribution is 7.89. The molecule has 10 heteroatoms. The highest BCUT2D eigenvalue weighted by Crippen LogP contribution is 2.20. The van der Waals surface area contributed by atoms with Crippen molar-refractivity contribution >= 4 is 27.9 Å². The lowest BCUT2D eigenvalue weighted by atomic mass is 10.2. The Balaban J connectivity index is 1.60. The summed E-state index contributed by atoms with van der Waals surface area (Å²) in [4.78, 5) is 37.2.